The third kappa shape index (κ3) is 4.07. The Labute approximate surface area is 116 Å². The first-order valence-corrected chi connectivity index (χ1v) is 7.39. The molecule has 0 aliphatic carbocycles. The first kappa shape index (κ1) is 16.2. The molecule has 0 fully saturated rings. The second kappa shape index (κ2) is 6.53. The van der Waals surface area contributed by atoms with Gasteiger partial charge in [-0.2, -0.15) is 4.72 Å². The van der Waals surface area contributed by atoms with Crippen LogP contribution in [0.5, 0.6) is 0 Å². The van der Waals surface area contributed by atoms with Crippen molar-refractivity contribution in [3.8, 4) is 0 Å². The molecular formula is C11H16N2O6S. The predicted molar refractivity (Wildman–Crippen MR) is 68.8 cm³/mol. The largest absolute Gasteiger partial charge is 0.475 e. The molecule has 0 saturated heterocycles. The van der Waals surface area contributed by atoms with Crippen molar-refractivity contribution >= 4 is 21.9 Å². The van der Waals surface area contributed by atoms with Gasteiger partial charge in [-0.3, -0.25) is 4.79 Å². The molecule has 0 aromatic carbocycles. The molecule has 1 amide bonds. The van der Waals surface area contributed by atoms with E-state index in [4.69, 9.17) is 5.11 Å². The molecule has 1 aromatic heterocycles. The van der Waals surface area contributed by atoms with Gasteiger partial charge in [-0.1, -0.05) is 6.92 Å². The predicted octanol–water partition coefficient (Wildman–Crippen LogP) is 0.171. The molecule has 0 spiro atoms. The van der Waals surface area contributed by atoms with Crippen LogP contribution in [-0.4, -0.2) is 38.0 Å². The number of hydrogen-bond donors (Lipinski definition) is 3. The fourth-order valence-electron chi connectivity index (χ4n) is 1.33. The van der Waals surface area contributed by atoms with Crippen molar-refractivity contribution in [2.24, 2.45) is 0 Å². The van der Waals surface area contributed by atoms with Gasteiger partial charge in [-0.25, -0.2) is 13.2 Å². The van der Waals surface area contributed by atoms with Crippen LogP contribution in [0.25, 0.3) is 0 Å². The standard InChI is InChI=1S/C11H16N2O6S/c1-3-6-12-10(14)7(2)13-20(17,18)9-5-4-8(19-9)11(15)16/h4-5,7,13H,3,6H2,1-2H3,(H,12,14)(H,15,16). The van der Waals surface area contributed by atoms with Gasteiger partial charge < -0.3 is 14.8 Å². The second-order valence-corrected chi connectivity index (χ2v) is 5.70. The smallest absolute Gasteiger partial charge is 0.371 e. The lowest BCUT2D eigenvalue weighted by Crippen LogP contribution is -2.44. The number of amides is 1. The maximum Gasteiger partial charge on any atom is 0.371 e. The number of carbonyl (C=O) groups excluding carboxylic acids is 1. The molecule has 1 unspecified atom stereocenters. The molecule has 3 N–H and O–H groups in total. The van der Waals surface area contributed by atoms with Crippen LogP contribution in [0.4, 0.5) is 0 Å². The van der Waals surface area contributed by atoms with E-state index in [0.717, 1.165) is 18.6 Å². The topological polar surface area (TPSA) is 126 Å². The number of aromatic carboxylic acids is 1. The summed E-state index contributed by atoms with van der Waals surface area (Å²) >= 11 is 0. The van der Waals surface area contributed by atoms with Crippen LogP contribution in [0.3, 0.4) is 0 Å². The number of carboxylic acids is 1. The Morgan fingerprint density at radius 1 is 1.40 bits per heavy atom. The third-order valence-corrected chi connectivity index (χ3v) is 3.74. The van der Waals surface area contributed by atoms with E-state index in [1.807, 2.05) is 6.92 Å². The van der Waals surface area contributed by atoms with Crippen molar-refractivity contribution in [2.45, 2.75) is 31.4 Å². The molecule has 1 atom stereocenters. The summed E-state index contributed by atoms with van der Waals surface area (Å²) in [5.41, 5.74) is 0. The molecule has 0 aliphatic rings. The van der Waals surface area contributed by atoms with E-state index in [-0.39, 0.29) is 0 Å². The molecule has 1 rings (SSSR count). The summed E-state index contributed by atoms with van der Waals surface area (Å²) < 4.78 is 30.6. The van der Waals surface area contributed by atoms with E-state index in [2.05, 4.69) is 14.5 Å². The lowest BCUT2D eigenvalue weighted by atomic mass is 10.3. The van der Waals surface area contributed by atoms with Gasteiger partial charge in [-0.15, -0.1) is 0 Å². The Kier molecular flexibility index (Phi) is 5.28. The molecule has 112 valence electrons. The van der Waals surface area contributed by atoms with E-state index in [1.54, 1.807) is 0 Å². The minimum atomic E-state index is -4.08. The monoisotopic (exact) mass is 304 g/mol. The van der Waals surface area contributed by atoms with Gasteiger partial charge in [-0.05, 0) is 25.5 Å². The van der Waals surface area contributed by atoms with E-state index < -0.39 is 38.8 Å². The summed E-state index contributed by atoms with van der Waals surface area (Å²) in [5, 5.41) is 10.6. The average Bonchev–Trinajstić information content (AvgIpc) is 2.85. The van der Waals surface area contributed by atoms with Crippen molar-refractivity contribution in [3.05, 3.63) is 17.9 Å². The zero-order valence-corrected chi connectivity index (χ0v) is 11.9. The van der Waals surface area contributed by atoms with Gasteiger partial charge >= 0.3 is 5.97 Å². The van der Waals surface area contributed by atoms with Gasteiger partial charge in [0.2, 0.25) is 16.8 Å². The molecule has 0 bridgehead atoms. The second-order valence-electron chi connectivity index (χ2n) is 4.06. The quantitative estimate of drug-likeness (QED) is 0.659. The van der Waals surface area contributed by atoms with Crippen LogP contribution in [0.15, 0.2) is 21.6 Å². The van der Waals surface area contributed by atoms with Crippen molar-refractivity contribution in [1.29, 1.82) is 0 Å². The Morgan fingerprint density at radius 3 is 2.55 bits per heavy atom. The zero-order valence-electron chi connectivity index (χ0n) is 11.0. The fourth-order valence-corrected chi connectivity index (χ4v) is 2.46. The highest BCUT2D eigenvalue weighted by molar-refractivity contribution is 7.89. The Balaban J connectivity index is 2.78. The first-order valence-electron chi connectivity index (χ1n) is 5.91. The molecule has 8 nitrogen and oxygen atoms in total. The van der Waals surface area contributed by atoms with Gasteiger partial charge in [0.1, 0.15) is 0 Å². The maximum absolute atomic E-state index is 11.9. The molecular weight excluding hydrogens is 288 g/mol. The Morgan fingerprint density at radius 2 is 2.05 bits per heavy atom. The molecule has 0 radical (unpaired) electrons. The number of carboxylic acid groups (broad SMARTS) is 1. The Bertz CT molecular complexity index is 592. The van der Waals surface area contributed by atoms with Crippen LogP contribution in [-0.2, 0) is 14.8 Å². The SMILES string of the molecule is CCCNC(=O)C(C)NS(=O)(=O)c1ccc(C(=O)O)o1. The molecule has 1 heterocycles. The summed E-state index contributed by atoms with van der Waals surface area (Å²) in [4.78, 5) is 22.2. The molecule has 1 aromatic rings. The molecule has 0 aliphatic heterocycles. The number of rotatable bonds is 7. The van der Waals surface area contributed by atoms with Crippen molar-refractivity contribution < 1.29 is 27.5 Å². The summed E-state index contributed by atoms with van der Waals surface area (Å²) in [5.74, 6) is -2.34. The van der Waals surface area contributed by atoms with Gasteiger partial charge in [0, 0.05) is 6.54 Å². The molecule has 0 saturated carbocycles. The zero-order chi connectivity index (χ0) is 15.3. The van der Waals surface area contributed by atoms with E-state index in [9.17, 15) is 18.0 Å². The van der Waals surface area contributed by atoms with Crippen molar-refractivity contribution in [2.75, 3.05) is 6.54 Å². The lowest BCUT2D eigenvalue weighted by molar-refractivity contribution is -0.122. The van der Waals surface area contributed by atoms with Crippen LogP contribution in [0, 0.1) is 0 Å². The third-order valence-electron chi connectivity index (χ3n) is 2.33. The van der Waals surface area contributed by atoms with E-state index in [1.165, 1.54) is 6.92 Å². The number of hydrogen-bond acceptors (Lipinski definition) is 5. The van der Waals surface area contributed by atoms with Gasteiger partial charge in [0.05, 0.1) is 6.04 Å². The summed E-state index contributed by atoms with van der Waals surface area (Å²) in [6, 6.07) is 1.05. The maximum atomic E-state index is 11.9. The minimum absolute atomic E-state index is 0.439. The number of sulfonamides is 1. The molecule has 20 heavy (non-hydrogen) atoms. The average molecular weight is 304 g/mol. The van der Waals surface area contributed by atoms with Crippen LogP contribution in [0.2, 0.25) is 0 Å². The first-order chi connectivity index (χ1) is 9.27. The van der Waals surface area contributed by atoms with Gasteiger partial charge in [0.25, 0.3) is 10.0 Å². The number of nitrogens with one attached hydrogen (secondary N) is 2. The van der Waals surface area contributed by atoms with Crippen LogP contribution >= 0.6 is 0 Å². The summed E-state index contributed by atoms with van der Waals surface area (Å²) in [6.45, 7) is 3.68. The van der Waals surface area contributed by atoms with E-state index in [0.29, 0.717) is 6.54 Å². The Hall–Kier alpha value is -1.87. The van der Waals surface area contributed by atoms with Crippen LogP contribution in [0.1, 0.15) is 30.8 Å². The number of carbonyl (C=O) groups is 2. The van der Waals surface area contributed by atoms with Crippen LogP contribution < -0.4 is 10.0 Å². The van der Waals surface area contributed by atoms with Gasteiger partial charge in [0.15, 0.2) is 0 Å². The van der Waals surface area contributed by atoms with Crippen molar-refractivity contribution in [3.63, 3.8) is 0 Å². The van der Waals surface area contributed by atoms with E-state index >= 15 is 0 Å². The summed E-state index contributed by atoms with van der Waals surface area (Å²) in [6.07, 6.45) is 0.728. The summed E-state index contributed by atoms with van der Waals surface area (Å²) in [7, 11) is -4.08. The fraction of sp³-hybridized carbons (Fsp3) is 0.455. The van der Waals surface area contributed by atoms with Crippen molar-refractivity contribution in [1.82, 2.24) is 10.0 Å². The minimum Gasteiger partial charge on any atom is -0.475 e. The normalized spacial score (nSPS) is 12.9. The highest BCUT2D eigenvalue weighted by atomic mass is 32.2. The lowest BCUT2D eigenvalue weighted by Gasteiger charge is -2.12. The highest BCUT2D eigenvalue weighted by Gasteiger charge is 2.25. The highest BCUT2D eigenvalue weighted by Crippen LogP contribution is 2.14. The number of furan rings is 1. The molecule has 9 heteroatoms.